The average Bonchev–Trinajstić information content (AvgIpc) is 2.71. The second-order valence-electron chi connectivity index (χ2n) is 3.90. The predicted molar refractivity (Wildman–Crippen MR) is 65.7 cm³/mol. The molecular formula is C12H17N3O2. The summed E-state index contributed by atoms with van der Waals surface area (Å²) in [6.45, 7) is 1.95. The number of hydrogen-bond acceptors (Lipinski definition) is 4. The third-order valence-electron chi connectivity index (χ3n) is 2.79. The zero-order valence-corrected chi connectivity index (χ0v) is 9.93. The molecule has 0 saturated carbocycles. The molecule has 2 N–H and O–H groups in total. The number of ether oxygens (including phenoxy) is 1. The van der Waals surface area contributed by atoms with Gasteiger partial charge in [0.15, 0.2) is 0 Å². The first kappa shape index (κ1) is 11.9. The van der Waals surface area contributed by atoms with E-state index >= 15 is 0 Å². The lowest BCUT2D eigenvalue weighted by Gasteiger charge is -2.27. The fourth-order valence-corrected chi connectivity index (χ4v) is 2.00. The molecule has 0 aromatic heterocycles. The van der Waals surface area contributed by atoms with Gasteiger partial charge in [-0.2, -0.15) is 0 Å². The summed E-state index contributed by atoms with van der Waals surface area (Å²) in [6.07, 6.45) is 0.539. The molecule has 1 saturated heterocycles. The molecule has 0 radical (unpaired) electrons. The van der Waals surface area contributed by atoms with Gasteiger partial charge < -0.3 is 10.5 Å². The van der Waals surface area contributed by atoms with Crippen LogP contribution in [0.1, 0.15) is 6.42 Å². The van der Waals surface area contributed by atoms with Crippen molar-refractivity contribution in [1.29, 1.82) is 0 Å². The highest BCUT2D eigenvalue weighted by atomic mass is 16.5. The largest absolute Gasteiger partial charge is 0.497 e. The fraction of sp³-hybridized carbons (Fsp3) is 0.417. The van der Waals surface area contributed by atoms with Gasteiger partial charge in [-0.25, -0.2) is 10.0 Å². The number of nitrogens with zero attached hydrogens (tertiary/aromatic N) is 2. The Kier molecular flexibility index (Phi) is 3.61. The maximum absolute atomic E-state index is 11.9. The van der Waals surface area contributed by atoms with Crippen LogP contribution < -0.4 is 15.5 Å². The number of nitrogens with two attached hydrogens (primary N) is 1. The van der Waals surface area contributed by atoms with Crippen LogP contribution in [0, 0.1) is 0 Å². The Balaban J connectivity index is 2.26. The lowest BCUT2D eigenvalue weighted by atomic mass is 10.3. The van der Waals surface area contributed by atoms with Gasteiger partial charge >= 0.3 is 0 Å². The first-order valence-electron chi connectivity index (χ1n) is 5.68. The number of methoxy groups -OCH3 is 1. The Bertz CT molecular complexity index is 408. The van der Waals surface area contributed by atoms with Gasteiger partial charge in [0.05, 0.1) is 12.8 Å². The third kappa shape index (κ3) is 2.40. The first-order valence-corrected chi connectivity index (χ1v) is 5.68. The molecule has 5 heteroatoms. The van der Waals surface area contributed by atoms with Crippen LogP contribution in [0.4, 0.5) is 5.69 Å². The summed E-state index contributed by atoms with van der Waals surface area (Å²) in [7, 11) is 1.61. The quantitative estimate of drug-likeness (QED) is 0.830. The minimum Gasteiger partial charge on any atom is -0.497 e. The van der Waals surface area contributed by atoms with Crippen LogP contribution in [-0.4, -0.2) is 37.7 Å². The summed E-state index contributed by atoms with van der Waals surface area (Å²) in [5, 5.41) is 3.66. The lowest BCUT2D eigenvalue weighted by Crippen LogP contribution is -2.41. The molecule has 1 aliphatic rings. The van der Waals surface area contributed by atoms with Crippen LogP contribution in [0.15, 0.2) is 24.3 Å². The summed E-state index contributed by atoms with van der Waals surface area (Å²) >= 11 is 0. The number of benzene rings is 1. The smallest absolute Gasteiger partial charge is 0.242 e. The van der Waals surface area contributed by atoms with Gasteiger partial charge in [0.1, 0.15) is 5.75 Å². The molecule has 0 bridgehead atoms. The molecule has 5 nitrogen and oxygen atoms in total. The van der Waals surface area contributed by atoms with Gasteiger partial charge in [0.25, 0.3) is 0 Å². The molecular weight excluding hydrogens is 218 g/mol. The van der Waals surface area contributed by atoms with Crippen molar-refractivity contribution in [1.82, 2.24) is 5.01 Å². The first-order chi connectivity index (χ1) is 8.26. The van der Waals surface area contributed by atoms with E-state index in [1.807, 2.05) is 29.3 Å². The lowest BCUT2D eigenvalue weighted by molar-refractivity contribution is -0.118. The van der Waals surface area contributed by atoms with E-state index in [1.54, 1.807) is 12.1 Å². The number of anilines is 1. The molecule has 1 aliphatic heterocycles. The molecule has 0 unspecified atom stereocenters. The number of hydrogen-bond donors (Lipinski definition) is 1. The molecule has 1 aromatic rings. The van der Waals surface area contributed by atoms with E-state index in [9.17, 15) is 4.79 Å². The Morgan fingerprint density at radius 3 is 3.00 bits per heavy atom. The van der Waals surface area contributed by atoms with Gasteiger partial charge in [0, 0.05) is 32.1 Å². The van der Waals surface area contributed by atoms with Crippen LogP contribution in [0.3, 0.4) is 0 Å². The average molecular weight is 235 g/mol. The second-order valence-corrected chi connectivity index (χ2v) is 3.90. The summed E-state index contributed by atoms with van der Waals surface area (Å²) < 4.78 is 5.16. The number of hydrazine groups is 1. The summed E-state index contributed by atoms with van der Waals surface area (Å²) in [5.41, 5.74) is 6.38. The van der Waals surface area contributed by atoms with E-state index in [0.29, 0.717) is 19.5 Å². The zero-order chi connectivity index (χ0) is 12.3. The van der Waals surface area contributed by atoms with Gasteiger partial charge in [-0.05, 0) is 12.1 Å². The van der Waals surface area contributed by atoms with Crippen molar-refractivity contribution < 1.29 is 9.53 Å². The molecule has 17 heavy (non-hydrogen) atoms. The Labute approximate surface area is 101 Å². The van der Waals surface area contributed by atoms with E-state index in [2.05, 4.69) is 0 Å². The van der Waals surface area contributed by atoms with Crippen LogP contribution in [0.5, 0.6) is 5.75 Å². The maximum atomic E-state index is 11.9. The van der Waals surface area contributed by atoms with Crippen molar-refractivity contribution in [3.05, 3.63) is 24.3 Å². The summed E-state index contributed by atoms with van der Waals surface area (Å²) in [5.74, 6) is 0.849. The third-order valence-corrected chi connectivity index (χ3v) is 2.79. The van der Waals surface area contributed by atoms with Crippen molar-refractivity contribution >= 4 is 11.6 Å². The molecule has 0 aliphatic carbocycles. The highest BCUT2D eigenvalue weighted by molar-refractivity contribution is 5.94. The van der Waals surface area contributed by atoms with Crippen LogP contribution >= 0.6 is 0 Å². The van der Waals surface area contributed by atoms with Crippen molar-refractivity contribution in [3.63, 3.8) is 0 Å². The molecule has 1 heterocycles. The minimum absolute atomic E-state index is 0.103. The predicted octanol–water partition coefficient (Wildman–Crippen LogP) is 0.608. The van der Waals surface area contributed by atoms with Crippen molar-refractivity contribution in [2.45, 2.75) is 6.42 Å². The van der Waals surface area contributed by atoms with E-state index in [4.69, 9.17) is 10.5 Å². The van der Waals surface area contributed by atoms with Gasteiger partial charge in [-0.15, -0.1) is 0 Å². The number of carbonyl (C=O) groups is 1. The van der Waals surface area contributed by atoms with Crippen LogP contribution in [0.25, 0.3) is 0 Å². The van der Waals surface area contributed by atoms with E-state index in [-0.39, 0.29) is 5.91 Å². The van der Waals surface area contributed by atoms with E-state index < -0.39 is 0 Å². The van der Waals surface area contributed by atoms with Gasteiger partial charge in [-0.3, -0.25) is 4.79 Å². The topological polar surface area (TPSA) is 58.8 Å². The molecule has 2 rings (SSSR count). The summed E-state index contributed by atoms with van der Waals surface area (Å²) in [4.78, 5) is 11.9. The highest BCUT2D eigenvalue weighted by Gasteiger charge is 2.29. The second kappa shape index (κ2) is 5.16. The molecule has 1 aromatic carbocycles. The Morgan fingerprint density at radius 2 is 2.29 bits per heavy atom. The van der Waals surface area contributed by atoms with Crippen molar-refractivity contribution in [2.75, 3.05) is 31.8 Å². The molecule has 0 spiro atoms. The van der Waals surface area contributed by atoms with Crippen molar-refractivity contribution in [2.24, 2.45) is 5.73 Å². The van der Waals surface area contributed by atoms with Gasteiger partial charge in [-0.1, -0.05) is 6.07 Å². The highest BCUT2D eigenvalue weighted by Crippen LogP contribution is 2.25. The zero-order valence-electron chi connectivity index (χ0n) is 9.93. The SMILES string of the molecule is COc1cccc(N2C(=O)CCN2CCN)c1. The number of amides is 1. The monoisotopic (exact) mass is 235 g/mol. The molecule has 1 amide bonds. The van der Waals surface area contributed by atoms with E-state index in [0.717, 1.165) is 18.0 Å². The van der Waals surface area contributed by atoms with Gasteiger partial charge in [0.2, 0.25) is 5.91 Å². The molecule has 92 valence electrons. The molecule has 0 atom stereocenters. The fourth-order valence-electron chi connectivity index (χ4n) is 2.00. The maximum Gasteiger partial charge on any atom is 0.242 e. The van der Waals surface area contributed by atoms with Crippen molar-refractivity contribution in [3.8, 4) is 5.75 Å². The Morgan fingerprint density at radius 1 is 1.47 bits per heavy atom. The summed E-state index contributed by atoms with van der Waals surface area (Å²) in [6, 6.07) is 7.49. The number of rotatable bonds is 4. The van der Waals surface area contributed by atoms with Crippen LogP contribution in [-0.2, 0) is 4.79 Å². The Hall–Kier alpha value is -1.59. The molecule has 1 fully saturated rings. The van der Waals surface area contributed by atoms with E-state index in [1.165, 1.54) is 0 Å². The standard InChI is InChI=1S/C12H17N3O2/c1-17-11-4-2-3-10(9-11)15-12(16)5-7-14(15)8-6-13/h2-4,9H,5-8,13H2,1H3. The normalized spacial score (nSPS) is 16.6. The minimum atomic E-state index is 0.103. The van der Waals surface area contributed by atoms with Crippen LogP contribution in [0.2, 0.25) is 0 Å². The number of carbonyl (C=O) groups excluding carboxylic acids is 1.